The van der Waals surface area contributed by atoms with Gasteiger partial charge in [-0.2, -0.15) is 5.26 Å². The Morgan fingerprint density at radius 1 is 1.04 bits per heavy atom. The molecule has 0 fully saturated rings. The van der Waals surface area contributed by atoms with Gasteiger partial charge in [-0.3, -0.25) is 9.59 Å². The molecule has 1 amide bonds. The maximum absolute atomic E-state index is 11.8. The van der Waals surface area contributed by atoms with Crippen molar-refractivity contribution in [1.29, 1.82) is 5.26 Å². The smallest absolute Gasteiger partial charge is 0.309 e. The van der Waals surface area contributed by atoms with Crippen LogP contribution in [0.4, 0.5) is 5.69 Å². The molecule has 140 valence electrons. The number of carbonyl (C=O) groups is 2. The molecule has 0 bridgehead atoms. The fourth-order valence-electron chi connectivity index (χ4n) is 2.14. The number of nitriles is 1. The third-order valence-electron chi connectivity index (χ3n) is 3.52. The van der Waals surface area contributed by atoms with E-state index < -0.39 is 11.9 Å². The Morgan fingerprint density at radius 2 is 1.70 bits per heavy atom. The molecule has 0 aliphatic carbocycles. The van der Waals surface area contributed by atoms with Crippen molar-refractivity contribution in [3.8, 4) is 17.6 Å². The maximum Gasteiger partial charge on any atom is 0.309 e. The molecule has 2 aromatic carbocycles. The van der Waals surface area contributed by atoms with Crippen LogP contribution in [0.1, 0.15) is 12.0 Å². The van der Waals surface area contributed by atoms with Gasteiger partial charge in [-0.25, -0.2) is 0 Å². The summed E-state index contributed by atoms with van der Waals surface area (Å²) in [5.74, 6) is 0.365. The highest BCUT2D eigenvalue weighted by Crippen LogP contribution is 2.17. The van der Waals surface area contributed by atoms with E-state index in [4.69, 9.17) is 19.5 Å². The van der Waals surface area contributed by atoms with Crippen LogP contribution in [0.3, 0.4) is 0 Å². The number of hydrogen-bond donors (Lipinski definition) is 1. The van der Waals surface area contributed by atoms with Gasteiger partial charge in [0.1, 0.15) is 11.5 Å². The van der Waals surface area contributed by atoms with E-state index in [-0.39, 0.29) is 19.6 Å². The number of ether oxygens (including phenoxy) is 3. The molecule has 2 aromatic rings. The van der Waals surface area contributed by atoms with Crippen LogP contribution in [-0.4, -0.2) is 32.2 Å². The SMILES string of the molecule is COc1ccc(OCCC(=O)OCC(=O)Nc2ccc(CC#N)cc2)cc1. The molecule has 2 rings (SSSR count). The number of benzene rings is 2. The molecule has 0 aliphatic rings. The topological polar surface area (TPSA) is 97.7 Å². The molecule has 0 saturated heterocycles. The van der Waals surface area contributed by atoms with E-state index in [0.29, 0.717) is 23.6 Å². The van der Waals surface area contributed by atoms with Gasteiger partial charge in [-0.1, -0.05) is 12.1 Å². The molecular formula is C20H20N2O5. The van der Waals surface area contributed by atoms with E-state index in [0.717, 1.165) is 5.56 Å². The molecule has 0 atom stereocenters. The minimum absolute atomic E-state index is 0.0299. The minimum atomic E-state index is -0.525. The summed E-state index contributed by atoms with van der Waals surface area (Å²) in [5, 5.41) is 11.2. The molecule has 0 unspecified atom stereocenters. The number of esters is 1. The second kappa shape index (κ2) is 10.5. The van der Waals surface area contributed by atoms with Gasteiger partial charge in [0.15, 0.2) is 6.61 Å². The standard InChI is InChI=1S/C20H20N2O5/c1-25-17-6-8-18(9-7-17)26-13-11-20(24)27-14-19(23)22-16-4-2-15(3-5-16)10-12-21/h2-9H,10-11,13-14H2,1H3,(H,22,23). The van der Waals surface area contributed by atoms with Crippen LogP contribution in [0, 0.1) is 11.3 Å². The second-order valence-corrected chi connectivity index (χ2v) is 5.51. The fraction of sp³-hybridized carbons (Fsp3) is 0.250. The highest BCUT2D eigenvalue weighted by molar-refractivity contribution is 5.92. The van der Waals surface area contributed by atoms with E-state index in [1.807, 2.05) is 6.07 Å². The second-order valence-electron chi connectivity index (χ2n) is 5.51. The number of rotatable bonds is 9. The lowest BCUT2D eigenvalue weighted by Crippen LogP contribution is -2.21. The summed E-state index contributed by atoms with van der Waals surface area (Å²) < 4.78 is 15.4. The van der Waals surface area contributed by atoms with Crippen LogP contribution in [0.5, 0.6) is 11.5 Å². The molecule has 0 aromatic heterocycles. The Bertz CT molecular complexity index is 795. The number of amides is 1. The highest BCUT2D eigenvalue weighted by Gasteiger charge is 2.08. The average molecular weight is 368 g/mol. The first-order chi connectivity index (χ1) is 13.1. The first kappa shape index (κ1) is 19.8. The molecule has 27 heavy (non-hydrogen) atoms. The summed E-state index contributed by atoms with van der Waals surface area (Å²) in [4.78, 5) is 23.5. The molecule has 7 nitrogen and oxygen atoms in total. The van der Waals surface area contributed by atoms with Crippen LogP contribution in [0.2, 0.25) is 0 Å². The third kappa shape index (κ3) is 7.08. The van der Waals surface area contributed by atoms with Crippen molar-refractivity contribution in [3.05, 3.63) is 54.1 Å². The zero-order valence-electron chi connectivity index (χ0n) is 14.9. The number of methoxy groups -OCH3 is 1. The van der Waals surface area contributed by atoms with E-state index in [1.54, 1.807) is 55.6 Å². The van der Waals surface area contributed by atoms with Crippen LogP contribution < -0.4 is 14.8 Å². The predicted octanol–water partition coefficient (Wildman–Crippen LogP) is 2.71. The summed E-state index contributed by atoms with van der Waals surface area (Å²) >= 11 is 0. The fourth-order valence-corrected chi connectivity index (χ4v) is 2.14. The Kier molecular flexibility index (Phi) is 7.67. The monoisotopic (exact) mass is 368 g/mol. The predicted molar refractivity (Wildman–Crippen MR) is 98.5 cm³/mol. The largest absolute Gasteiger partial charge is 0.497 e. The minimum Gasteiger partial charge on any atom is -0.497 e. The van der Waals surface area contributed by atoms with Crippen molar-refractivity contribution in [2.75, 3.05) is 25.6 Å². The molecule has 0 aliphatic heterocycles. The van der Waals surface area contributed by atoms with E-state index >= 15 is 0 Å². The summed E-state index contributed by atoms with van der Waals surface area (Å²) in [7, 11) is 1.58. The van der Waals surface area contributed by atoms with Gasteiger partial charge >= 0.3 is 5.97 Å². The van der Waals surface area contributed by atoms with Crippen molar-refractivity contribution < 1.29 is 23.8 Å². The van der Waals surface area contributed by atoms with Gasteiger partial charge in [0, 0.05) is 5.69 Å². The Labute approximate surface area is 157 Å². The molecule has 0 saturated carbocycles. The van der Waals surface area contributed by atoms with Gasteiger partial charge in [0.25, 0.3) is 5.91 Å². The first-order valence-corrected chi connectivity index (χ1v) is 8.29. The summed E-state index contributed by atoms with van der Waals surface area (Å²) in [6.07, 6.45) is 0.340. The lowest BCUT2D eigenvalue weighted by molar-refractivity contribution is -0.147. The van der Waals surface area contributed by atoms with Gasteiger partial charge < -0.3 is 19.5 Å². The Hall–Kier alpha value is -3.53. The van der Waals surface area contributed by atoms with Gasteiger partial charge in [-0.05, 0) is 42.0 Å². The van der Waals surface area contributed by atoms with Crippen LogP contribution >= 0.6 is 0 Å². The Morgan fingerprint density at radius 3 is 2.33 bits per heavy atom. The highest BCUT2D eigenvalue weighted by atomic mass is 16.5. The number of carbonyl (C=O) groups excluding carboxylic acids is 2. The van der Waals surface area contributed by atoms with Crippen LogP contribution in [0.15, 0.2) is 48.5 Å². The molecule has 7 heteroatoms. The number of hydrogen-bond acceptors (Lipinski definition) is 6. The van der Waals surface area contributed by atoms with E-state index in [9.17, 15) is 9.59 Å². The molecule has 0 radical (unpaired) electrons. The van der Waals surface area contributed by atoms with Crippen LogP contribution in [-0.2, 0) is 20.7 Å². The quantitative estimate of drug-likeness (QED) is 0.684. The summed E-state index contributed by atoms with van der Waals surface area (Å²) in [5.41, 5.74) is 1.43. The lowest BCUT2D eigenvalue weighted by atomic mass is 10.1. The van der Waals surface area contributed by atoms with Gasteiger partial charge in [0.05, 0.1) is 32.6 Å². The third-order valence-corrected chi connectivity index (χ3v) is 3.52. The Balaban J connectivity index is 1.65. The molecule has 0 spiro atoms. The van der Waals surface area contributed by atoms with Crippen molar-refractivity contribution in [2.24, 2.45) is 0 Å². The summed E-state index contributed by atoms with van der Waals surface area (Å²) in [6.45, 7) is -0.228. The van der Waals surface area contributed by atoms with Gasteiger partial charge in [-0.15, -0.1) is 0 Å². The molecule has 0 heterocycles. The van der Waals surface area contributed by atoms with Crippen molar-refractivity contribution in [3.63, 3.8) is 0 Å². The maximum atomic E-state index is 11.8. The molecule has 1 N–H and O–H groups in total. The van der Waals surface area contributed by atoms with E-state index in [1.165, 1.54) is 0 Å². The van der Waals surface area contributed by atoms with E-state index in [2.05, 4.69) is 5.32 Å². The van der Waals surface area contributed by atoms with Crippen LogP contribution in [0.25, 0.3) is 0 Å². The first-order valence-electron chi connectivity index (χ1n) is 8.29. The number of anilines is 1. The zero-order chi connectivity index (χ0) is 19.5. The average Bonchev–Trinajstić information content (AvgIpc) is 2.69. The number of nitrogens with zero attached hydrogens (tertiary/aromatic N) is 1. The van der Waals surface area contributed by atoms with Crippen molar-refractivity contribution >= 4 is 17.6 Å². The van der Waals surface area contributed by atoms with Crippen molar-refractivity contribution in [1.82, 2.24) is 0 Å². The molecular weight excluding hydrogens is 348 g/mol. The lowest BCUT2D eigenvalue weighted by Gasteiger charge is -2.08. The zero-order valence-corrected chi connectivity index (χ0v) is 14.9. The van der Waals surface area contributed by atoms with Gasteiger partial charge in [0.2, 0.25) is 0 Å². The van der Waals surface area contributed by atoms with Crippen molar-refractivity contribution in [2.45, 2.75) is 12.8 Å². The summed E-state index contributed by atoms with van der Waals surface area (Å²) in [6, 6.07) is 15.9. The normalized spacial score (nSPS) is 9.78. The number of nitrogens with one attached hydrogen (secondary N) is 1.